The van der Waals surface area contributed by atoms with Crippen molar-refractivity contribution in [1.82, 2.24) is 10.6 Å². The predicted octanol–water partition coefficient (Wildman–Crippen LogP) is 2.66. The van der Waals surface area contributed by atoms with Gasteiger partial charge in [0.1, 0.15) is 5.82 Å². The number of unbranched alkanes of at least 4 members (excludes halogenated alkanes) is 2. The maximum atomic E-state index is 13.6. The van der Waals surface area contributed by atoms with Crippen molar-refractivity contribution in [1.29, 1.82) is 0 Å². The molecule has 0 aliphatic carbocycles. The van der Waals surface area contributed by atoms with E-state index in [0.717, 1.165) is 31.8 Å². The number of hydrogen-bond acceptors (Lipinski definition) is 3. The van der Waals surface area contributed by atoms with E-state index in [4.69, 9.17) is 0 Å². The van der Waals surface area contributed by atoms with E-state index < -0.39 is 0 Å². The Morgan fingerprint density at radius 2 is 2.00 bits per heavy atom. The summed E-state index contributed by atoms with van der Waals surface area (Å²) in [5.41, 5.74) is 0.698. The molecular weight excluding hydrogens is 309 g/mol. The van der Waals surface area contributed by atoms with Crippen LogP contribution < -0.4 is 10.6 Å². The molecule has 134 valence electrons. The highest BCUT2D eigenvalue weighted by Crippen LogP contribution is 2.06. The molecule has 1 aromatic carbocycles. The average molecular weight is 337 g/mol. The van der Waals surface area contributed by atoms with E-state index in [0.29, 0.717) is 31.5 Å². The van der Waals surface area contributed by atoms with Crippen LogP contribution in [0.2, 0.25) is 0 Å². The Labute approximate surface area is 143 Å². The predicted molar refractivity (Wildman–Crippen MR) is 94.6 cm³/mol. The number of carbonyl (C=O) groups is 1. The third-order valence-electron chi connectivity index (χ3n) is 3.53. The zero-order valence-electron chi connectivity index (χ0n) is 14.6. The first kappa shape index (κ1) is 19.9. The Morgan fingerprint density at radius 1 is 1.21 bits per heavy atom. The summed E-state index contributed by atoms with van der Waals surface area (Å²) >= 11 is 0. The molecule has 0 atom stereocenters. The number of ether oxygens (including phenoxy) is 1. The molecule has 1 aromatic rings. The molecule has 0 saturated heterocycles. The number of carbonyl (C=O) groups excluding carboxylic acids is 1. The molecule has 0 bridgehead atoms. The van der Waals surface area contributed by atoms with Crippen molar-refractivity contribution in [3.8, 4) is 0 Å². The fraction of sp³-hybridized carbons (Fsp3) is 0.556. The number of aliphatic imine (C=N–C) groups is 1. The van der Waals surface area contributed by atoms with Crippen molar-refractivity contribution in [3.05, 3.63) is 35.6 Å². The standard InChI is InChI=1S/C18H28FN3O2/c1-3-20-18(21-13-8-4-5-11-17(23)24-2)22-14-12-15-9-6-7-10-16(15)19/h6-7,9-10H,3-5,8,11-14H2,1-2H3,(H2,20,21,22). The van der Waals surface area contributed by atoms with E-state index >= 15 is 0 Å². The molecule has 1 rings (SSSR count). The van der Waals surface area contributed by atoms with Crippen LogP contribution in [0.25, 0.3) is 0 Å². The number of benzene rings is 1. The normalized spacial score (nSPS) is 11.2. The van der Waals surface area contributed by atoms with Crippen LogP contribution in [0.15, 0.2) is 29.3 Å². The minimum Gasteiger partial charge on any atom is -0.469 e. The number of rotatable bonds is 10. The summed E-state index contributed by atoms with van der Waals surface area (Å²) in [7, 11) is 1.41. The monoisotopic (exact) mass is 337 g/mol. The van der Waals surface area contributed by atoms with Gasteiger partial charge in [-0.3, -0.25) is 9.79 Å². The first-order valence-electron chi connectivity index (χ1n) is 8.49. The summed E-state index contributed by atoms with van der Waals surface area (Å²) in [4.78, 5) is 15.5. The maximum absolute atomic E-state index is 13.6. The third-order valence-corrected chi connectivity index (χ3v) is 3.53. The fourth-order valence-corrected chi connectivity index (χ4v) is 2.21. The van der Waals surface area contributed by atoms with E-state index in [2.05, 4.69) is 20.4 Å². The van der Waals surface area contributed by atoms with Gasteiger partial charge in [-0.15, -0.1) is 0 Å². The Morgan fingerprint density at radius 3 is 2.71 bits per heavy atom. The van der Waals surface area contributed by atoms with Crippen LogP contribution in [0.1, 0.15) is 38.2 Å². The third kappa shape index (κ3) is 8.50. The number of guanidine groups is 1. The van der Waals surface area contributed by atoms with Crippen LogP contribution in [-0.4, -0.2) is 38.7 Å². The van der Waals surface area contributed by atoms with Crippen LogP contribution in [0.5, 0.6) is 0 Å². The highest BCUT2D eigenvalue weighted by atomic mass is 19.1. The number of methoxy groups -OCH3 is 1. The van der Waals surface area contributed by atoms with Gasteiger partial charge in [-0.05, 0) is 37.8 Å². The molecule has 0 radical (unpaired) electrons. The molecule has 6 heteroatoms. The fourth-order valence-electron chi connectivity index (χ4n) is 2.21. The largest absolute Gasteiger partial charge is 0.469 e. The van der Waals surface area contributed by atoms with Gasteiger partial charge in [-0.2, -0.15) is 0 Å². The zero-order valence-corrected chi connectivity index (χ0v) is 14.6. The van der Waals surface area contributed by atoms with Crippen LogP contribution in [0, 0.1) is 5.82 Å². The molecule has 24 heavy (non-hydrogen) atoms. The lowest BCUT2D eigenvalue weighted by Gasteiger charge is -2.11. The van der Waals surface area contributed by atoms with E-state index in [-0.39, 0.29) is 11.8 Å². The second-order valence-electron chi connectivity index (χ2n) is 5.42. The Hall–Kier alpha value is -2.11. The van der Waals surface area contributed by atoms with Gasteiger partial charge in [-0.1, -0.05) is 24.6 Å². The first-order chi connectivity index (χ1) is 11.7. The topological polar surface area (TPSA) is 62.7 Å². The van der Waals surface area contributed by atoms with Crippen molar-refractivity contribution >= 4 is 11.9 Å². The summed E-state index contributed by atoms with van der Waals surface area (Å²) in [5.74, 6) is 0.398. The molecule has 0 fully saturated rings. The van der Waals surface area contributed by atoms with Gasteiger partial charge in [0.2, 0.25) is 0 Å². The Bertz CT molecular complexity index is 521. The lowest BCUT2D eigenvalue weighted by molar-refractivity contribution is -0.140. The van der Waals surface area contributed by atoms with E-state index in [1.807, 2.05) is 13.0 Å². The summed E-state index contributed by atoms with van der Waals surface area (Å²) < 4.78 is 18.2. The number of nitrogens with zero attached hydrogens (tertiary/aromatic N) is 1. The van der Waals surface area contributed by atoms with Gasteiger partial charge in [0.15, 0.2) is 5.96 Å². The second kappa shape index (κ2) is 12.3. The van der Waals surface area contributed by atoms with Gasteiger partial charge in [-0.25, -0.2) is 4.39 Å². The number of esters is 1. The molecule has 5 nitrogen and oxygen atoms in total. The Balaban J connectivity index is 2.27. The quantitative estimate of drug-likeness (QED) is 0.298. The van der Waals surface area contributed by atoms with Crippen molar-refractivity contribution < 1.29 is 13.9 Å². The molecule has 0 saturated carbocycles. The molecule has 0 aliphatic heterocycles. The van der Waals surface area contributed by atoms with Crippen LogP contribution >= 0.6 is 0 Å². The number of halogens is 1. The summed E-state index contributed by atoms with van der Waals surface area (Å²) in [6.45, 7) is 4.09. The smallest absolute Gasteiger partial charge is 0.305 e. The van der Waals surface area contributed by atoms with Gasteiger partial charge in [0.05, 0.1) is 7.11 Å². The molecule has 0 spiro atoms. The SMILES string of the molecule is CCNC(=NCCCCCC(=O)OC)NCCc1ccccc1F. The summed E-state index contributed by atoms with van der Waals surface area (Å²) in [6.07, 6.45) is 3.74. The molecule has 0 aliphatic rings. The highest BCUT2D eigenvalue weighted by molar-refractivity contribution is 5.79. The van der Waals surface area contributed by atoms with Crippen molar-refractivity contribution in [2.24, 2.45) is 4.99 Å². The molecule has 0 amide bonds. The summed E-state index contributed by atoms with van der Waals surface area (Å²) in [5, 5.41) is 6.39. The lowest BCUT2D eigenvalue weighted by Crippen LogP contribution is -2.38. The first-order valence-corrected chi connectivity index (χ1v) is 8.49. The summed E-state index contributed by atoms with van der Waals surface area (Å²) in [6, 6.07) is 6.80. The number of hydrogen-bond donors (Lipinski definition) is 2. The second-order valence-corrected chi connectivity index (χ2v) is 5.42. The molecule has 0 unspecified atom stereocenters. The molecule has 2 N–H and O–H groups in total. The molecule has 0 heterocycles. The van der Waals surface area contributed by atoms with Crippen LogP contribution in [-0.2, 0) is 16.0 Å². The zero-order chi connectivity index (χ0) is 17.6. The number of nitrogens with one attached hydrogen (secondary N) is 2. The Kier molecular flexibility index (Phi) is 10.2. The minimum atomic E-state index is -0.174. The van der Waals surface area contributed by atoms with E-state index in [1.165, 1.54) is 13.2 Å². The van der Waals surface area contributed by atoms with Gasteiger partial charge in [0, 0.05) is 26.1 Å². The van der Waals surface area contributed by atoms with Crippen molar-refractivity contribution in [2.45, 2.75) is 39.0 Å². The average Bonchev–Trinajstić information content (AvgIpc) is 2.59. The van der Waals surface area contributed by atoms with E-state index in [1.54, 1.807) is 12.1 Å². The van der Waals surface area contributed by atoms with Crippen molar-refractivity contribution in [2.75, 3.05) is 26.7 Å². The van der Waals surface area contributed by atoms with Gasteiger partial charge >= 0.3 is 5.97 Å². The van der Waals surface area contributed by atoms with Crippen molar-refractivity contribution in [3.63, 3.8) is 0 Å². The van der Waals surface area contributed by atoms with Gasteiger partial charge < -0.3 is 15.4 Å². The van der Waals surface area contributed by atoms with E-state index in [9.17, 15) is 9.18 Å². The van der Waals surface area contributed by atoms with Gasteiger partial charge in [0.25, 0.3) is 0 Å². The lowest BCUT2D eigenvalue weighted by atomic mass is 10.1. The highest BCUT2D eigenvalue weighted by Gasteiger charge is 2.02. The van der Waals surface area contributed by atoms with Crippen LogP contribution in [0.4, 0.5) is 4.39 Å². The van der Waals surface area contributed by atoms with Crippen LogP contribution in [0.3, 0.4) is 0 Å². The molecular formula is C18H28FN3O2. The maximum Gasteiger partial charge on any atom is 0.305 e. The minimum absolute atomic E-state index is 0.165. The molecule has 0 aromatic heterocycles.